The summed E-state index contributed by atoms with van der Waals surface area (Å²) in [6.45, 7) is 14.2. The Morgan fingerprint density at radius 2 is 1.00 bits per heavy atom. The van der Waals surface area contributed by atoms with Crippen molar-refractivity contribution in [3.63, 3.8) is 0 Å². The summed E-state index contributed by atoms with van der Waals surface area (Å²) in [6.07, 6.45) is 1.94. The number of para-hydroxylation sites is 4. The molecule has 11 rings (SSSR count). The van der Waals surface area contributed by atoms with Gasteiger partial charge in [-0.2, -0.15) is 0 Å². The zero-order valence-corrected chi connectivity index (χ0v) is 36.1. The number of hydrogen-bond acceptors (Lipinski definition) is 4. The number of rotatable bonds is 6. The highest BCUT2D eigenvalue weighted by Crippen LogP contribution is 2.46. The molecule has 0 bridgehead atoms. The second kappa shape index (κ2) is 14.1. The van der Waals surface area contributed by atoms with Crippen LogP contribution < -0.4 is 14.5 Å². The van der Waals surface area contributed by atoms with E-state index in [9.17, 15) is 0 Å². The van der Waals surface area contributed by atoms with E-state index in [0.29, 0.717) is 6.67 Å². The molecule has 0 unspecified atom stereocenters. The van der Waals surface area contributed by atoms with E-state index in [-0.39, 0.29) is 10.8 Å². The van der Waals surface area contributed by atoms with E-state index in [1.165, 1.54) is 50.0 Å². The Morgan fingerprint density at radius 1 is 0.419 bits per heavy atom. The summed E-state index contributed by atoms with van der Waals surface area (Å²) in [7, 11) is 0. The maximum absolute atomic E-state index is 6.81. The third kappa shape index (κ3) is 6.28. The van der Waals surface area contributed by atoms with Crippen molar-refractivity contribution in [1.82, 2.24) is 14.1 Å². The van der Waals surface area contributed by atoms with Gasteiger partial charge in [-0.3, -0.25) is 4.57 Å². The topological polar surface area (TPSA) is 38.5 Å². The van der Waals surface area contributed by atoms with Gasteiger partial charge in [0.15, 0.2) is 0 Å². The Labute approximate surface area is 362 Å². The Morgan fingerprint density at radius 3 is 1.69 bits per heavy atom. The van der Waals surface area contributed by atoms with E-state index in [1.54, 1.807) is 0 Å². The minimum atomic E-state index is -0.0389. The number of aromatic nitrogens is 3. The molecule has 3 aromatic heterocycles. The van der Waals surface area contributed by atoms with Gasteiger partial charge in [-0.25, -0.2) is 4.98 Å². The fourth-order valence-electron chi connectivity index (χ4n) is 9.29. The first-order valence-electron chi connectivity index (χ1n) is 21.6. The van der Waals surface area contributed by atoms with Gasteiger partial charge in [-0.15, -0.1) is 0 Å². The number of ether oxygens (including phenoxy) is 1. The van der Waals surface area contributed by atoms with Gasteiger partial charge in [0, 0.05) is 56.9 Å². The van der Waals surface area contributed by atoms with Crippen molar-refractivity contribution in [3.05, 3.63) is 187 Å². The van der Waals surface area contributed by atoms with Gasteiger partial charge >= 0.3 is 0 Å². The Balaban J connectivity index is 1.00. The molecule has 1 aliphatic rings. The van der Waals surface area contributed by atoms with Crippen LogP contribution in [0.1, 0.15) is 52.7 Å². The SMILES string of the molecule is CC(C)(C)c1cccc(N2CN(c3cccc(Oc4ccc5c6cc(-n7c8ccccc8c8ccccc87)ccc6n(-c6cc(C(C)(C)C)ccn6)c5c4)c3)c3ccccc32)c1. The van der Waals surface area contributed by atoms with E-state index in [1.807, 2.05) is 12.3 Å². The molecule has 0 N–H and O–H groups in total. The molecule has 4 heterocycles. The van der Waals surface area contributed by atoms with Crippen molar-refractivity contribution >= 4 is 66.4 Å². The number of pyridine rings is 1. The predicted octanol–water partition coefficient (Wildman–Crippen LogP) is 14.9. The maximum atomic E-state index is 6.81. The standard InChI is InChI=1S/C56H49N5O/c1-55(2,3)37-15-13-16-39(31-37)58-36-59(52-24-12-11-23-51(52)58)40-17-14-18-42(33-40)62-43-26-27-46-47-34-41(60-48-21-9-7-19-44(48)45-20-8-10-22-49(45)60)25-28-50(47)61(53(46)35-43)54-32-38(29-30-57-54)56(4,5)6/h7-35H,36H2,1-6H3. The van der Waals surface area contributed by atoms with Crippen LogP contribution in [0.4, 0.5) is 22.7 Å². The molecule has 304 valence electrons. The van der Waals surface area contributed by atoms with Crippen molar-refractivity contribution in [2.45, 2.75) is 52.4 Å². The summed E-state index contributed by atoms with van der Waals surface area (Å²) in [5.74, 6) is 2.42. The molecule has 0 atom stereocenters. The minimum absolute atomic E-state index is 0.0389. The van der Waals surface area contributed by atoms with Gasteiger partial charge < -0.3 is 19.1 Å². The maximum Gasteiger partial charge on any atom is 0.137 e. The van der Waals surface area contributed by atoms with Gasteiger partial charge in [0.05, 0.1) is 33.4 Å². The lowest BCUT2D eigenvalue weighted by Crippen LogP contribution is -2.24. The average Bonchev–Trinajstić information content (AvgIpc) is 3.94. The van der Waals surface area contributed by atoms with Crippen LogP contribution in [0.15, 0.2) is 176 Å². The summed E-state index contributed by atoms with van der Waals surface area (Å²) in [5, 5.41) is 4.78. The van der Waals surface area contributed by atoms with Crippen molar-refractivity contribution < 1.29 is 4.74 Å². The lowest BCUT2D eigenvalue weighted by Gasteiger charge is -2.25. The zero-order chi connectivity index (χ0) is 42.3. The van der Waals surface area contributed by atoms with Gasteiger partial charge in [-0.1, -0.05) is 108 Å². The van der Waals surface area contributed by atoms with Crippen molar-refractivity contribution in [1.29, 1.82) is 0 Å². The highest BCUT2D eigenvalue weighted by molar-refractivity contribution is 6.12. The number of benzene rings is 7. The smallest absolute Gasteiger partial charge is 0.137 e. The number of fused-ring (bicyclic) bond motifs is 7. The highest BCUT2D eigenvalue weighted by atomic mass is 16.5. The van der Waals surface area contributed by atoms with Crippen LogP contribution in [-0.4, -0.2) is 20.8 Å². The lowest BCUT2D eigenvalue weighted by atomic mass is 9.87. The van der Waals surface area contributed by atoms with Crippen LogP contribution >= 0.6 is 0 Å². The summed E-state index contributed by atoms with van der Waals surface area (Å²) < 4.78 is 11.5. The monoisotopic (exact) mass is 807 g/mol. The Bertz CT molecular complexity index is 3310. The molecule has 1 aliphatic heterocycles. The normalized spacial score (nSPS) is 13.2. The second-order valence-electron chi connectivity index (χ2n) is 18.6. The number of nitrogens with zero attached hydrogens (tertiary/aromatic N) is 5. The van der Waals surface area contributed by atoms with Crippen molar-refractivity contribution in [3.8, 4) is 23.0 Å². The number of hydrogen-bond donors (Lipinski definition) is 0. The van der Waals surface area contributed by atoms with Crippen molar-refractivity contribution in [2.75, 3.05) is 16.5 Å². The fourth-order valence-corrected chi connectivity index (χ4v) is 9.29. The average molecular weight is 808 g/mol. The van der Waals surface area contributed by atoms with E-state index < -0.39 is 0 Å². The molecule has 0 aliphatic carbocycles. The molecular weight excluding hydrogens is 759 g/mol. The Kier molecular flexibility index (Phi) is 8.59. The first-order chi connectivity index (χ1) is 30.0. The summed E-state index contributed by atoms with van der Waals surface area (Å²) in [6, 6.07) is 61.1. The van der Waals surface area contributed by atoms with Gasteiger partial charge in [0.2, 0.25) is 0 Å². The third-order valence-corrected chi connectivity index (χ3v) is 12.5. The molecule has 0 radical (unpaired) electrons. The molecular formula is C56H49N5O. The molecule has 0 fully saturated rings. The first kappa shape index (κ1) is 37.7. The van der Waals surface area contributed by atoms with Crippen LogP contribution in [0.3, 0.4) is 0 Å². The van der Waals surface area contributed by atoms with E-state index >= 15 is 0 Å². The van der Waals surface area contributed by atoms with Crippen LogP contribution in [0.25, 0.3) is 55.1 Å². The second-order valence-corrected chi connectivity index (χ2v) is 18.6. The van der Waals surface area contributed by atoms with Gasteiger partial charge in [0.25, 0.3) is 0 Å². The van der Waals surface area contributed by atoms with Crippen LogP contribution in [-0.2, 0) is 10.8 Å². The van der Waals surface area contributed by atoms with Crippen LogP contribution in [0, 0.1) is 0 Å². The fraction of sp³-hybridized carbons (Fsp3) is 0.161. The summed E-state index contributed by atoms with van der Waals surface area (Å²) >= 11 is 0. The lowest BCUT2D eigenvalue weighted by molar-refractivity contribution is 0.483. The third-order valence-electron chi connectivity index (χ3n) is 12.5. The largest absolute Gasteiger partial charge is 0.457 e. The van der Waals surface area contributed by atoms with E-state index in [4.69, 9.17) is 9.72 Å². The molecule has 62 heavy (non-hydrogen) atoms. The summed E-state index contributed by atoms with van der Waals surface area (Å²) in [4.78, 5) is 9.76. The van der Waals surface area contributed by atoms with Gasteiger partial charge in [-0.05, 0) is 113 Å². The molecule has 7 aromatic carbocycles. The predicted molar refractivity (Wildman–Crippen MR) is 259 cm³/mol. The molecule has 0 amide bonds. The quantitative estimate of drug-likeness (QED) is 0.168. The number of anilines is 4. The van der Waals surface area contributed by atoms with Crippen LogP contribution in [0.2, 0.25) is 0 Å². The molecule has 6 nitrogen and oxygen atoms in total. The molecule has 0 saturated carbocycles. The van der Waals surface area contributed by atoms with E-state index in [0.717, 1.165) is 50.5 Å². The van der Waals surface area contributed by atoms with Gasteiger partial charge in [0.1, 0.15) is 24.0 Å². The highest BCUT2D eigenvalue weighted by Gasteiger charge is 2.29. The van der Waals surface area contributed by atoms with E-state index in [2.05, 4.69) is 224 Å². The molecule has 10 aromatic rings. The Hall–Kier alpha value is -7.31. The minimum Gasteiger partial charge on any atom is -0.457 e. The molecule has 0 saturated heterocycles. The first-order valence-corrected chi connectivity index (χ1v) is 21.6. The zero-order valence-electron chi connectivity index (χ0n) is 36.1. The molecule has 6 heteroatoms. The van der Waals surface area contributed by atoms with Crippen molar-refractivity contribution in [2.24, 2.45) is 0 Å². The molecule has 0 spiro atoms. The van der Waals surface area contributed by atoms with Crippen LogP contribution in [0.5, 0.6) is 11.5 Å². The summed E-state index contributed by atoms with van der Waals surface area (Å²) in [5.41, 5.74) is 12.8.